The van der Waals surface area contributed by atoms with Crippen LogP contribution in [0, 0.1) is 11.8 Å². The van der Waals surface area contributed by atoms with Crippen LogP contribution < -0.4 is 10.6 Å². The van der Waals surface area contributed by atoms with Gasteiger partial charge in [-0.25, -0.2) is 4.98 Å². The molecule has 4 nitrogen and oxygen atoms in total. The summed E-state index contributed by atoms with van der Waals surface area (Å²) in [6, 6.07) is 8.57. The third-order valence-electron chi connectivity index (χ3n) is 6.00. The summed E-state index contributed by atoms with van der Waals surface area (Å²) in [5.74, 6) is 1.14. The third-order valence-corrected chi connectivity index (χ3v) is 7.26. The second kappa shape index (κ2) is 6.75. The van der Waals surface area contributed by atoms with E-state index >= 15 is 0 Å². The van der Waals surface area contributed by atoms with Crippen LogP contribution in [0.2, 0.25) is 0 Å². The highest BCUT2D eigenvalue weighted by Crippen LogP contribution is 2.49. The molecule has 1 fully saturated rings. The predicted octanol–water partition coefficient (Wildman–Crippen LogP) is 5.58. The summed E-state index contributed by atoms with van der Waals surface area (Å²) in [4.78, 5) is 9.00. The highest BCUT2D eigenvalue weighted by molar-refractivity contribution is 7.80. The number of hydrogen-bond donors (Lipinski definition) is 2. The minimum absolute atomic E-state index is 0. The Bertz CT molecular complexity index is 1180. The van der Waals surface area contributed by atoms with Crippen molar-refractivity contribution >= 4 is 50.1 Å². The van der Waals surface area contributed by atoms with Crippen molar-refractivity contribution in [3.8, 4) is 0 Å². The van der Waals surface area contributed by atoms with E-state index in [1.807, 2.05) is 12.3 Å². The first-order valence-electron chi connectivity index (χ1n) is 10.1. The van der Waals surface area contributed by atoms with Crippen molar-refractivity contribution in [2.75, 3.05) is 5.32 Å². The molecule has 148 valence electrons. The van der Waals surface area contributed by atoms with Crippen molar-refractivity contribution in [1.29, 1.82) is 0 Å². The summed E-state index contributed by atoms with van der Waals surface area (Å²) in [7, 11) is 0. The van der Waals surface area contributed by atoms with Crippen LogP contribution in [-0.4, -0.2) is 15.1 Å². The fourth-order valence-electron chi connectivity index (χ4n) is 4.42. The molecule has 0 bridgehead atoms. The predicted molar refractivity (Wildman–Crippen MR) is 127 cm³/mol. The Morgan fingerprint density at radius 1 is 1.17 bits per heavy atom. The Hall–Kier alpha value is -2.57. The summed E-state index contributed by atoms with van der Waals surface area (Å²) >= 11 is 7.32. The molecule has 3 aliphatic rings. The zero-order valence-corrected chi connectivity index (χ0v) is 17.4. The first-order valence-corrected chi connectivity index (χ1v) is 11.3. The Morgan fingerprint density at radius 2 is 2.10 bits per heavy atom. The van der Waals surface area contributed by atoms with E-state index < -0.39 is 0 Å². The van der Waals surface area contributed by atoms with Crippen molar-refractivity contribution in [1.82, 2.24) is 15.3 Å². The Morgan fingerprint density at radius 3 is 3.03 bits per heavy atom. The molecule has 3 aliphatic carbocycles. The van der Waals surface area contributed by atoms with E-state index in [4.69, 9.17) is 17.2 Å². The van der Waals surface area contributed by atoms with E-state index in [0.29, 0.717) is 16.9 Å². The molecule has 2 unspecified atom stereocenters. The van der Waals surface area contributed by atoms with Crippen LogP contribution in [0.3, 0.4) is 0 Å². The van der Waals surface area contributed by atoms with Gasteiger partial charge in [0.2, 0.25) is 0 Å². The topological polar surface area (TPSA) is 49.8 Å². The van der Waals surface area contributed by atoms with Gasteiger partial charge in [-0.05, 0) is 79.2 Å². The minimum Gasteiger partial charge on any atom is -0.336 e. The summed E-state index contributed by atoms with van der Waals surface area (Å²) in [6.07, 6.45) is 13.1. The van der Waals surface area contributed by atoms with Gasteiger partial charge in [0, 0.05) is 38.1 Å². The Balaban J connectivity index is 0.00000116. The maximum atomic E-state index is 5.62. The monoisotopic (exact) mass is 420 g/mol. The Labute approximate surface area is 181 Å². The number of benzene rings is 1. The fourth-order valence-corrected chi connectivity index (χ4v) is 5.58. The van der Waals surface area contributed by atoms with E-state index in [1.165, 1.54) is 48.1 Å². The number of rotatable bonds is 3. The van der Waals surface area contributed by atoms with Crippen LogP contribution >= 0.6 is 23.6 Å². The van der Waals surface area contributed by atoms with E-state index in [0.717, 1.165) is 20.9 Å². The molecule has 2 N–H and O–H groups in total. The smallest absolute Gasteiger partial charge is 0.175 e. The second-order valence-corrected chi connectivity index (χ2v) is 9.45. The maximum Gasteiger partial charge on any atom is 0.175 e. The molecule has 1 aromatic carbocycles. The zero-order valence-electron chi connectivity index (χ0n) is 15.8. The minimum atomic E-state index is 0. The van der Waals surface area contributed by atoms with Crippen LogP contribution in [-0.2, 0) is 12.8 Å². The highest BCUT2D eigenvalue weighted by atomic mass is 32.1. The molecular formula is C23H24N4S2. The summed E-state index contributed by atoms with van der Waals surface area (Å²) in [6.45, 7) is 0. The van der Waals surface area contributed by atoms with Gasteiger partial charge >= 0.3 is 0 Å². The lowest BCUT2D eigenvalue weighted by Gasteiger charge is -2.17. The standard InChI is InChI=1S/C23H20N4S2.2H2/c28-23(25-17-5-4-13-2-1-3-14(13)9-17)27-20-11-16(8-15-10-18(15)20)22-26-19-6-7-24-12-21(19)29-22;;/h4-9,11-12,15,18H,1-3,10H2,(H2,25,27,28);2*1H. The molecule has 0 saturated heterocycles. The summed E-state index contributed by atoms with van der Waals surface area (Å²) in [5.41, 5.74) is 7.40. The van der Waals surface area contributed by atoms with Gasteiger partial charge in [0.1, 0.15) is 5.01 Å². The zero-order chi connectivity index (χ0) is 19.4. The van der Waals surface area contributed by atoms with E-state index in [2.05, 4.69) is 46.0 Å². The molecule has 2 atom stereocenters. The molecule has 6 rings (SSSR count). The number of aryl methyl sites for hydroxylation is 2. The molecule has 1 saturated carbocycles. The maximum absolute atomic E-state index is 5.62. The third kappa shape index (κ3) is 3.26. The van der Waals surface area contributed by atoms with Gasteiger partial charge in [-0.3, -0.25) is 4.98 Å². The molecule has 0 radical (unpaired) electrons. The normalized spacial score (nSPS) is 21.8. The highest BCUT2D eigenvalue weighted by Gasteiger charge is 2.41. The molecule has 3 aromatic rings. The lowest BCUT2D eigenvalue weighted by molar-refractivity contribution is 0.852. The second-order valence-electron chi connectivity index (χ2n) is 8.01. The van der Waals surface area contributed by atoms with Crippen molar-refractivity contribution in [2.45, 2.75) is 25.7 Å². The number of fused-ring (bicyclic) bond motifs is 3. The first kappa shape index (κ1) is 17.3. The Kier molecular flexibility index (Phi) is 4.03. The number of anilines is 1. The quantitative estimate of drug-likeness (QED) is 0.542. The number of hydrogen-bond acceptors (Lipinski definition) is 4. The average Bonchev–Trinajstić information content (AvgIpc) is 3.16. The van der Waals surface area contributed by atoms with Crippen LogP contribution in [0.5, 0.6) is 0 Å². The van der Waals surface area contributed by atoms with Gasteiger partial charge in [-0.2, -0.15) is 0 Å². The molecule has 2 heterocycles. The summed E-state index contributed by atoms with van der Waals surface area (Å²) in [5, 5.41) is 8.55. The summed E-state index contributed by atoms with van der Waals surface area (Å²) < 4.78 is 1.12. The SMILES string of the molecule is S=C(NC1=CC(c2nc3ccncc3s2)=CC2CC12)Nc1ccc2c(c1)CCC2.[HH].[HH]. The number of thiocarbonyl (C=S) groups is 1. The van der Waals surface area contributed by atoms with Crippen LogP contribution in [0.15, 0.2) is 54.5 Å². The number of pyridine rings is 1. The number of aromatic nitrogens is 2. The van der Waals surface area contributed by atoms with E-state index in [9.17, 15) is 0 Å². The molecule has 6 heteroatoms. The number of allylic oxidation sites excluding steroid dienone is 4. The van der Waals surface area contributed by atoms with E-state index in [-0.39, 0.29) is 2.85 Å². The van der Waals surface area contributed by atoms with E-state index in [1.54, 1.807) is 17.5 Å². The van der Waals surface area contributed by atoms with Gasteiger partial charge in [-0.15, -0.1) is 11.3 Å². The molecule has 0 spiro atoms. The van der Waals surface area contributed by atoms with Gasteiger partial charge in [0.05, 0.1) is 10.2 Å². The van der Waals surface area contributed by atoms with Crippen molar-refractivity contribution < 1.29 is 2.85 Å². The number of nitrogens with zero attached hydrogens (tertiary/aromatic N) is 2. The van der Waals surface area contributed by atoms with Crippen LogP contribution in [0.4, 0.5) is 5.69 Å². The van der Waals surface area contributed by atoms with Gasteiger partial charge < -0.3 is 10.6 Å². The molecule has 0 amide bonds. The molecule has 29 heavy (non-hydrogen) atoms. The van der Waals surface area contributed by atoms with Crippen LogP contribution in [0.1, 0.15) is 31.8 Å². The average molecular weight is 421 g/mol. The fraction of sp³-hybridized carbons (Fsp3) is 0.261. The van der Waals surface area contributed by atoms with Crippen LogP contribution in [0.25, 0.3) is 15.8 Å². The number of thiazole rings is 1. The molecule has 0 aliphatic heterocycles. The lowest BCUT2D eigenvalue weighted by Crippen LogP contribution is -2.29. The molecular weight excluding hydrogens is 396 g/mol. The van der Waals surface area contributed by atoms with Gasteiger partial charge in [0.15, 0.2) is 5.11 Å². The van der Waals surface area contributed by atoms with Crippen molar-refractivity contribution in [2.24, 2.45) is 11.8 Å². The van der Waals surface area contributed by atoms with Gasteiger partial charge in [0.25, 0.3) is 0 Å². The number of nitrogens with one attached hydrogen (secondary N) is 2. The largest absolute Gasteiger partial charge is 0.336 e. The van der Waals surface area contributed by atoms with Crippen molar-refractivity contribution in [3.63, 3.8) is 0 Å². The lowest BCUT2D eigenvalue weighted by atomic mass is 10.0. The first-order chi connectivity index (χ1) is 14.2. The van der Waals surface area contributed by atoms with Gasteiger partial charge in [-0.1, -0.05) is 12.1 Å². The van der Waals surface area contributed by atoms with Crippen molar-refractivity contribution in [3.05, 3.63) is 70.6 Å². The molecule has 2 aromatic heterocycles.